The van der Waals surface area contributed by atoms with E-state index in [9.17, 15) is 4.79 Å². The predicted molar refractivity (Wildman–Crippen MR) is 83.9 cm³/mol. The lowest BCUT2D eigenvalue weighted by Gasteiger charge is -2.06. The van der Waals surface area contributed by atoms with Crippen molar-refractivity contribution in [3.63, 3.8) is 0 Å². The van der Waals surface area contributed by atoms with Crippen molar-refractivity contribution >= 4 is 17.4 Å². The summed E-state index contributed by atoms with van der Waals surface area (Å²) < 4.78 is 5.50. The molecule has 0 N–H and O–H groups in total. The lowest BCUT2D eigenvalue weighted by molar-refractivity contribution is 0.0726. The Hall–Kier alpha value is -1.64. The number of benzene rings is 2. The third-order valence-corrected chi connectivity index (χ3v) is 4.05. The van der Waals surface area contributed by atoms with Crippen LogP contribution in [0, 0.1) is 0 Å². The molecule has 0 aliphatic heterocycles. The Morgan fingerprint density at radius 1 is 1.10 bits per heavy atom. The average Bonchev–Trinajstić information content (AvgIpc) is 2.94. The first-order chi connectivity index (χ1) is 10.2. The Morgan fingerprint density at radius 2 is 1.95 bits per heavy atom. The van der Waals surface area contributed by atoms with Crippen LogP contribution >= 0.6 is 11.6 Å². The molecule has 0 saturated heterocycles. The first kappa shape index (κ1) is 14.3. The first-order valence-corrected chi connectivity index (χ1v) is 7.57. The summed E-state index contributed by atoms with van der Waals surface area (Å²) in [6.45, 7) is 0.503. The normalized spacial score (nSPS) is 13.2. The Labute approximate surface area is 129 Å². The number of ketones is 1. The van der Waals surface area contributed by atoms with E-state index in [-0.39, 0.29) is 12.4 Å². The Morgan fingerprint density at radius 3 is 2.81 bits per heavy atom. The van der Waals surface area contributed by atoms with E-state index in [1.54, 1.807) is 0 Å². The van der Waals surface area contributed by atoms with Gasteiger partial charge >= 0.3 is 0 Å². The highest BCUT2D eigenvalue weighted by atomic mass is 35.5. The molecular weight excluding hydrogens is 284 g/mol. The highest BCUT2D eigenvalue weighted by molar-refractivity contribution is 6.30. The number of hydrogen-bond acceptors (Lipinski definition) is 2. The van der Waals surface area contributed by atoms with Crippen LogP contribution in [-0.2, 0) is 24.2 Å². The number of ether oxygens (including phenoxy) is 1. The molecule has 108 valence electrons. The first-order valence-electron chi connectivity index (χ1n) is 7.19. The fourth-order valence-corrected chi connectivity index (χ4v) is 2.93. The average molecular weight is 301 g/mol. The maximum absolute atomic E-state index is 12.2. The summed E-state index contributed by atoms with van der Waals surface area (Å²) in [5.74, 6) is 0.0340. The SMILES string of the molecule is O=C(COCc1cccc(Cl)c1)c1ccc2c(c1)CCC2. The van der Waals surface area contributed by atoms with Crippen molar-refractivity contribution in [2.75, 3.05) is 6.61 Å². The second kappa shape index (κ2) is 6.42. The zero-order chi connectivity index (χ0) is 14.7. The molecule has 0 saturated carbocycles. The van der Waals surface area contributed by atoms with Gasteiger partial charge in [-0.25, -0.2) is 0 Å². The van der Waals surface area contributed by atoms with Crippen LogP contribution in [-0.4, -0.2) is 12.4 Å². The minimum Gasteiger partial charge on any atom is -0.369 e. The summed E-state index contributed by atoms with van der Waals surface area (Å²) in [4.78, 5) is 12.2. The predicted octanol–water partition coefficient (Wildman–Crippen LogP) is 4.23. The number of fused-ring (bicyclic) bond motifs is 1. The summed E-state index contributed by atoms with van der Waals surface area (Å²) in [6, 6.07) is 13.5. The molecule has 0 spiro atoms. The van der Waals surface area contributed by atoms with Crippen molar-refractivity contribution in [3.05, 3.63) is 69.7 Å². The fraction of sp³-hybridized carbons (Fsp3) is 0.278. The molecule has 0 unspecified atom stereocenters. The lowest BCUT2D eigenvalue weighted by Crippen LogP contribution is -2.09. The van der Waals surface area contributed by atoms with E-state index in [1.165, 1.54) is 17.5 Å². The Kier molecular flexibility index (Phi) is 4.37. The van der Waals surface area contributed by atoms with Crippen LogP contribution in [0.4, 0.5) is 0 Å². The molecule has 3 heteroatoms. The van der Waals surface area contributed by atoms with Crippen molar-refractivity contribution < 1.29 is 9.53 Å². The molecule has 0 radical (unpaired) electrons. The van der Waals surface area contributed by atoms with Gasteiger partial charge in [-0.2, -0.15) is 0 Å². The molecule has 0 aromatic heterocycles. The molecule has 2 nitrogen and oxygen atoms in total. The fourth-order valence-electron chi connectivity index (χ4n) is 2.72. The van der Waals surface area contributed by atoms with E-state index in [2.05, 4.69) is 6.07 Å². The summed E-state index contributed by atoms with van der Waals surface area (Å²) in [6.07, 6.45) is 3.41. The maximum Gasteiger partial charge on any atom is 0.188 e. The van der Waals surface area contributed by atoms with Crippen molar-refractivity contribution in [2.45, 2.75) is 25.9 Å². The number of carbonyl (C=O) groups excluding carboxylic acids is 1. The largest absolute Gasteiger partial charge is 0.369 e. The van der Waals surface area contributed by atoms with Gasteiger partial charge in [0.2, 0.25) is 0 Å². The van der Waals surface area contributed by atoms with Crippen LogP contribution in [0.1, 0.15) is 33.5 Å². The van der Waals surface area contributed by atoms with Gasteiger partial charge in [0.15, 0.2) is 5.78 Å². The Bertz CT molecular complexity index is 664. The molecular formula is C18H17ClO2. The van der Waals surface area contributed by atoms with E-state index in [1.807, 2.05) is 36.4 Å². The van der Waals surface area contributed by atoms with Gasteiger partial charge in [0.25, 0.3) is 0 Å². The standard InChI is InChI=1S/C18H17ClO2/c19-17-6-1-3-13(9-17)11-21-12-18(20)16-8-7-14-4-2-5-15(14)10-16/h1,3,6-10H,2,4-5,11-12H2. The number of rotatable bonds is 5. The maximum atomic E-state index is 12.2. The lowest BCUT2D eigenvalue weighted by atomic mass is 10.0. The molecule has 0 atom stereocenters. The van der Waals surface area contributed by atoms with E-state index >= 15 is 0 Å². The van der Waals surface area contributed by atoms with Crippen LogP contribution in [0.2, 0.25) is 5.02 Å². The van der Waals surface area contributed by atoms with Gasteiger partial charge in [-0.15, -0.1) is 0 Å². The number of carbonyl (C=O) groups is 1. The second-order valence-corrected chi connectivity index (χ2v) is 5.82. The quantitative estimate of drug-likeness (QED) is 0.773. The van der Waals surface area contributed by atoms with Gasteiger partial charge in [0.05, 0.1) is 6.61 Å². The second-order valence-electron chi connectivity index (χ2n) is 5.38. The van der Waals surface area contributed by atoms with Crippen LogP contribution in [0.3, 0.4) is 0 Å². The van der Waals surface area contributed by atoms with Crippen LogP contribution < -0.4 is 0 Å². The van der Waals surface area contributed by atoms with E-state index < -0.39 is 0 Å². The zero-order valence-corrected chi connectivity index (χ0v) is 12.5. The third kappa shape index (κ3) is 3.52. The highest BCUT2D eigenvalue weighted by Gasteiger charge is 2.14. The van der Waals surface area contributed by atoms with E-state index in [4.69, 9.17) is 16.3 Å². The van der Waals surface area contributed by atoms with Gasteiger partial charge in [0, 0.05) is 10.6 Å². The van der Waals surface area contributed by atoms with Gasteiger partial charge in [-0.05, 0) is 54.2 Å². The monoisotopic (exact) mass is 300 g/mol. The highest BCUT2D eigenvalue weighted by Crippen LogP contribution is 2.23. The van der Waals surface area contributed by atoms with E-state index in [0.29, 0.717) is 11.6 Å². The number of aryl methyl sites for hydroxylation is 2. The number of hydrogen-bond donors (Lipinski definition) is 0. The van der Waals surface area contributed by atoms with Crippen LogP contribution in [0.25, 0.3) is 0 Å². The number of halogens is 1. The third-order valence-electron chi connectivity index (χ3n) is 3.81. The number of Topliss-reactive ketones (excluding diaryl/α,β-unsaturated/α-hetero) is 1. The van der Waals surface area contributed by atoms with Crippen molar-refractivity contribution in [2.24, 2.45) is 0 Å². The van der Waals surface area contributed by atoms with Crippen LogP contribution in [0.5, 0.6) is 0 Å². The summed E-state index contributed by atoms with van der Waals surface area (Å²) >= 11 is 5.91. The summed E-state index contributed by atoms with van der Waals surface area (Å²) in [5.41, 5.74) is 4.42. The Balaban J connectivity index is 1.57. The molecule has 2 aromatic rings. The summed E-state index contributed by atoms with van der Waals surface area (Å²) in [5, 5.41) is 0.682. The summed E-state index contributed by atoms with van der Waals surface area (Å²) in [7, 11) is 0. The van der Waals surface area contributed by atoms with Crippen molar-refractivity contribution in [1.29, 1.82) is 0 Å². The van der Waals surface area contributed by atoms with Gasteiger partial charge in [-0.1, -0.05) is 35.9 Å². The molecule has 21 heavy (non-hydrogen) atoms. The topological polar surface area (TPSA) is 26.3 Å². The molecule has 0 amide bonds. The molecule has 1 aliphatic carbocycles. The molecule has 0 fully saturated rings. The smallest absolute Gasteiger partial charge is 0.188 e. The molecule has 0 bridgehead atoms. The molecule has 1 aliphatic rings. The zero-order valence-electron chi connectivity index (χ0n) is 11.8. The molecule has 3 rings (SSSR count). The molecule has 0 heterocycles. The van der Waals surface area contributed by atoms with Gasteiger partial charge in [-0.3, -0.25) is 4.79 Å². The minimum absolute atomic E-state index is 0.0340. The van der Waals surface area contributed by atoms with Crippen LogP contribution in [0.15, 0.2) is 42.5 Å². The van der Waals surface area contributed by atoms with Crippen molar-refractivity contribution in [3.8, 4) is 0 Å². The van der Waals surface area contributed by atoms with Gasteiger partial charge in [0.1, 0.15) is 6.61 Å². The minimum atomic E-state index is 0.0340. The van der Waals surface area contributed by atoms with Gasteiger partial charge < -0.3 is 4.74 Å². The van der Waals surface area contributed by atoms with Crippen molar-refractivity contribution in [1.82, 2.24) is 0 Å². The van der Waals surface area contributed by atoms with E-state index in [0.717, 1.165) is 24.0 Å². The molecule has 2 aromatic carbocycles.